The lowest BCUT2D eigenvalue weighted by molar-refractivity contribution is -0.118. The first-order chi connectivity index (χ1) is 6.36. The van der Waals surface area contributed by atoms with Crippen molar-refractivity contribution < 1.29 is 4.79 Å². The third kappa shape index (κ3) is 6.56. The minimum absolute atomic E-state index is 0.0297. The second-order valence-electron chi connectivity index (χ2n) is 3.78. The summed E-state index contributed by atoms with van der Waals surface area (Å²) in [6, 6.07) is 0.167. The van der Waals surface area contributed by atoms with E-state index >= 15 is 0 Å². The summed E-state index contributed by atoms with van der Waals surface area (Å²) in [5, 5.41) is 2.76. The molecule has 3 nitrogen and oxygen atoms in total. The summed E-state index contributed by atoms with van der Waals surface area (Å²) in [7, 11) is 3.53. The van der Waals surface area contributed by atoms with Crippen LogP contribution >= 0.6 is 21.6 Å². The third-order valence-electron chi connectivity index (χ3n) is 1.93. The molecule has 0 aliphatic carbocycles. The number of rotatable bonds is 6. The molecule has 0 saturated carbocycles. The van der Waals surface area contributed by atoms with Crippen LogP contribution in [0.2, 0.25) is 0 Å². The molecule has 0 spiro atoms. The van der Waals surface area contributed by atoms with E-state index in [1.165, 1.54) is 6.92 Å². The second-order valence-corrected chi connectivity index (χ2v) is 6.85. The van der Waals surface area contributed by atoms with Gasteiger partial charge in [0.15, 0.2) is 0 Å². The zero-order valence-corrected chi connectivity index (χ0v) is 10.9. The fourth-order valence-corrected chi connectivity index (χ4v) is 3.13. The van der Waals surface area contributed by atoms with Crippen LogP contribution in [0.25, 0.3) is 0 Å². The first-order valence-corrected chi connectivity index (χ1v) is 6.99. The van der Waals surface area contributed by atoms with Gasteiger partial charge in [0, 0.05) is 30.0 Å². The Morgan fingerprint density at radius 2 is 2.14 bits per heavy atom. The Morgan fingerprint density at radius 1 is 1.57 bits per heavy atom. The molecule has 0 saturated heterocycles. The zero-order chi connectivity index (χ0) is 11.2. The molecule has 0 heterocycles. The lowest BCUT2D eigenvalue weighted by atomic mass is 10.1. The molecule has 0 aromatic carbocycles. The first-order valence-electron chi connectivity index (χ1n) is 4.67. The highest BCUT2D eigenvalue weighted by Crippen LogP contribution is 2.36. The number of carbonyl (C=O) groups excluding carboxylic acids is 1. The number of hydrogen-bond donors (Lipinski definition) is 2. The molecule has 0 aliphatic rings. The molecule has 3 N–H and O–H groups in total. The van der Waals surface area contributed by atoms with Gasteiger partial charge in [-0.1, -0.05) is 21.6 Å². The first kappa shape index (κ1) is 14.1. The van der Waals surface area contributed by atoms with Crippen LogP contribution in [0, 0.1) is 0 Å². The molecule has 0 unspecified atom stereocenters. The van der Waals surface area contributed by atoms with Gasteiger partial charge in [-0.15, -0.1) is 0 Å². The van der Waals surface area contributed by atoms with E-state index in [1.807, 2.05) is 6.92 Å². The van der Waals surface area contributed by atoms with Crippen LogP contribution in [-0.4, -0.2) is 29.0 Å². The lowest BCUT2D eigenvalue weighted by Crippen LogP contribution is -2.37. The molecule has 0 rings (SSSR count). The van der Waals surface area contributed by atoms with Crippen molar-refractivity contribution in [2.45, 2.75) is 38.5 Å². The van der Waals surface area contributed by atoms with Crippen molar-refractivity contribution in [1.82, 2.24) is 5.32 Å². The molecular weight excluding hydrogens is 216 g/mol. The summed E-state index contributed by atoms with van der Waals surface area (Å²) in [5.41, 5.74) is 5.83. The van der Waals surface area contributed by atoms with Gasteiger partial charge in [-0.05, 0) is 20.8 Å². The summed E-state index contributed by atoms with van der Waals surface area (Å²) < 4.78 is 0.0842. The van der Waals surface area contributed by atoms with Crippen molar-refractivity contribution in [3.05, 3.63) is 0 Å². The smallest absolute Gasteiger partial charge is 0.216 e. The number of amides is 1. The van der Waals surface area contributed by atoms with Crippen LogP contribution in [0.5, 0.6) is 0 Å². The molecule has 0 fully saturated rings. The molecular formula is C9H20N2OS2. The van der Waals surface area contributed by atoms with Gasteiger partial charge in [0.25, 0.3) is 0 Å². The average Bonchev–Trinajstić information content (AvgIpc) is 2.02. The van der Waals surface area contributed by atoms with E-state index in [0.717, 1.165) is 12.3 Å². The van der Waals surface area contributed by atoms with Crippen molar-refractivity contribution >= 4 is 27.5 Å². The average molecular weight is 236 g/mol. The predicted octanol–water partition coefficient (Wildman–Crippen LogP) is 1.63. The van der Waals surface area contributed by atoms with Gasteiger partial charge in [0.05, 0.1) is 0 Å². The molecule has 1 amide bonds. The molecule has 0 bridgehead atoms. The van der Waals surface area contributed by atoms with E-state index in [4.69, 9.17) is 5.73 Å². The van der Waals surface area contributed by atoms with Crippen LogP contribution in [-0.2, 0) is 4.79 Å². The van der Waals surface area contributed by atoms with E-state index in [-0.39, 0.29) is 16.7 Å². The third-order valence-corrected chi connectivity index (χ3v) is 5.36. The normalized spacial score (nSPS) is 13.8. The molecule has 1 atom stereocenters. The minimum atomic E-state index is 0.0297. The van der Waals surface area contributed by atoms with Gasteiger partial charge < -0.3 is 11.1 Å². The zero-order valence-electron chi connectivity index (χ0n) is 9.29. The topological polar surface area (TPSA) is 55.1 Å². The van der Waals surface area contributed by atoms with E-state index < -0.39 is 0 Å². The quantitative estimate of drug-likeness (QED) is 0.544. The van der Waals surface area contributed by atoms with Crippen LogP contribution in [0.4, 0.5) is 0 Å². The largest absolute Gasteiger partial charge is 0.355 e. The summed E-state index contributed by atoms with van der Waals surface area (Å²) in [6.07, 6.45) is 0. The maximum absolute atomic E-state index is 10.6. The number of nitrogens with one attached hydrogen (secondary N) is 1. The summed E-state index contributed by atoms with van der Waals surface area (Å²) in [5.74, 6) is 0.947. The Labute approximate surface area is 94.4 Å². The van der Waals surface area contributed by atoms with Crippen molar-refractivity contribution in [1.29, 1.82) is 0 Å². The standard InChI is InChI=1S/C9H20N2OS2/c1-7(10)9(3,4)14-13-6-5-11-8(2)12/h7H,5-6,10H2,1-4H3,(H,11,12)/t7-/m1/s1. The highest BCUT2D eigenvalue weighted by molar-refractivity contribution is 8.77. The van der Waals surface area contributed by atoms with Crippen molar-refractivity contribution in [3.8, 4) is 0 Å². The lowest BCUT2D eigenvalue weighted by Gasteiger charge is -2.27. The molecule has 14 heavy (non-hydrogen) atoms. The van der Waals surface area contributed by atoms with Gasteiger partial charge in [-0.25, -0.2) is 0 Å². The number of carbonyl (C=O) groups is 1. The van der Waals surface area contributed by atoms with E-state index in [0.29, 0.717) is 0 Å². The Kier molecular flexibility index (Phi) is 6.64. The number of hydrogen-bond acceptors (Lipinski definition) is 4. The Balaban J connectivity index is 3.49. The molecule has 5 heteroatoms. The van der Waals surface area contributed by atoms with Crippen LogP contribution in [0.3, 0.4) is 0 Å². The molecule has 0 aromatic heterocycles. The van der Waals surface area contributed by atoms with Crippen LogP contribution in [0.15, 0.2) is 0 Å². The Hall–Kier alpha value is 0.130. The molecule has 0 aromatic rings. The SMILES string of the molecule is CC(=O)NCCSSC(C)(C)[C@@H](C)N. The minimum Gasteiger partial charge on any atom is -0.355 e. The van der Waals surface area contributed by atoms with Crippen molar-refractivity contribution in [2.24, 2.45) is 5.73 Å². The highest BCUT2D eigenvalue weighted by Gasteiger charge is 2.23. The van der Waals surface area contributed by atoms with Gasteiger partial charge in [-0.3, -0.25) is 4.79 Å². The van der Waals surface area contributed by atoms with Crippen LogP contribution in [0.1, 0.15) is 27.7 Å². The monoisotopic (exact) mass is 236 g/mol. The number of nitrogens with two attached hydrogens (primary N) is 1. The fourth-order valence-electron chi connectivity index (χ4n) is 0.538. The highest BCUT2D eigenvalue weighted by atomic mass is 33.1. The molecule has 84 valence electrons. The van der Waals surface area contributed by atoms with Crippen LogP contribution < -0.4 is 11.1 Å². The van der Waals surface area contributed by atoms with Gasteiger partial charge in [0.1, 0.15) is 0 Å². The maximum Gasteiger partial charge on any atom is 0.216 e. The summed E-state index contributed by atoms with van der Waals surface area (Å²) >= 11 is 0. The predicted molar refractivity (Wildman–Crippen MR) is 66.5 cm³/mol. The van der Waals surface area contributed by atoms with Crippen molar-refractivity contribution in [2.75, 3.05) is 12.3 Å². The maximum atomic E-state index is 10.6. The fraction of sp³-hybridized carbons (Fsp3) is 0.889. The Morgan fingerprint density at radius 3 is 2.57 bits per heavy atom. The summed E-state index contributed by atoms with van der Waals surface area (Å²) in [4.78, 5) is 10.6. The van der Waals surface area contributed by atoms with Gasteiger partial charge in [-0.2, -0.15) is 0 Å². The molecule has 0 radical (unpaired) electrons. The van der Waals surface area contributed by atoms with E-state index in [9.17, 15) is 4.79 Å². The van der Waals surface area contributed by atoms with E-state index in [1.54, 1.807) is 21.6 Å². The summed E-state index contributed by atoms with van der Waals surface area (Å²) in [6.45, 7) is 8.54. The van der Waals surface area contributed by atoms with E-state index in [2.05, 4.69) is 19.2 Å². The van der Waals surface area contributed by atoms with Crippen molar-refractivity contribution in [3.63, 3.8) is 0 Å². The van der Waals surface area contributed by atoms with Gasteiger partial charge in [0.2, 0.25) is 5.91 Å². The molecule has 0 aliphatic heterocycles. The second kappa shape index (κ2) is 6.58. The van der Waals surface area contributed by atoms with Gasteiger partial charge >= 0.3 is 0 Å². The Bertz CT molecular complexity index is 184.